The standard InChI is InChI=1S/C21H14N4S2/c26-21-23-22-20(27-21)15-10-12-16(13-11-15)25-18-9-5-4-8-17(18)19(24-25)14-6-2-1-3-7-14/h1-13H,(H,23,26). The van der Waals surface area contributed by atoms with Crippen LogP contribution in [0.1, 0.15) is 0 Å². The Morgan fingerprint density at radius 3 is 2.30 bits per heavy atom. The minimum atomic E-state index is 0.680. The summed E-state index contributed by atoms with van der Waals surface area (Å²) in [5, 5.41) is 14.0. The zero-order valence-corrected chi connectivity index (χ0v) is 15.8. The van der Waals surface area contributed by atoms with Crippen LogP contribution in [-0.2, 0) is 0 Å². The van der Waals surface area contributed by atoms with Gasteiger partial charge in [-0.3, -0.25) is 5.10 Å². The number of nitrogens with zero attached hydrogens (tertiary/aromatic N) is 3. The molecule has 5 aromatic rings. The highest BCUT2D eigenvalue weighted by Crippen LogP contribution is 2.30. The molecule has 0 saturated carbocycles. The van der Waals surface area contributed by atoms with Crippen molar-refractivity contribution in [2.75, 3.05) is 0 Å². The summed E-state index contributed by atoms with van der Waals surface area (Å²) in [6.07, 6.45) is 0. The molecule has 4 nitrogen and oxygen atoms in total. The van der Waals surface area contributed by atoms with E-state index in [1.54, 1.807) is 0 Å². The molecule has 0 spiro atoms. The Morgan fingerprint density at radius 1 is 0.815 bits per heavy atom. The van der Waals surface area contributed by atoms with Crippen molar-refractivity contribution in [3.8, 4) is 27.5 Å². The van der Waals surface area contributed by atoms with Gasteiger partial charge in [0.05, 0.1) is 11.2 Å². The van der Waals surface area contributed by atoms with Crippen LogP contribution < -0.4 is 0 Å². The minimum absolute atomic E-state index is 0.680. The number of H-pyrrole nitrogens is 1. The molecule has 3 aromatic carbocycles. The van der Waals surface area contributed by atoms with Gasteiger partial charge in [-0.25, -0.2) is 4.68 Å². The van der Waals surface area contributed by atoms with E-state index in [9.17, 15) is 0 Å². The first kappa shape index (κ1) is 16.1. The lowest BCUT2D eigenvalue weighted by Crippen LogP contribution is -1.96. The molecule has 0 radical (unpaired) electrons. The maximum Gasteiger partial charge on any atom is 0.176 e. The third-order valence-electron chi connectivity index (χ3n) is 4.43. The number of hydrogen-bond acceptors (Lipinski definition) is 4. The van der Waals surface area contributed by atoms with Crippen LogP contribution in [-0.4, -0.2) is 20.0 Å². The molecule has 0 saturated heterocycles. The highest BCUT2D eigenvalue weighted by molar-refractivity contribution is 7.73. The lowest BCUT2D eigenvalue weighted by atomic mass is 10.1. The smallest absolute Gasteiger partial charge is 0.176 e. The Hall–Kier alpha value is -3.09. The molecule has 0 aliphatic heterocycles. The van der Waals surface area contributed by atoms with Gasteiger partial charge in [-0.15, -0.1) is 0 Å². The number of nitrogens with one attached hydrogen (secondary N) is 1. The molecule has 0 aliphatic carbocycles. The van der Waals surface area contributed by atoms with Gasteiger partial charge in [0.15, 0.2) is 3.95 Å². The van der Waals surface area contributed by atoms with E-state index in [0.29, 0.717) is 3.95 Å². The summed E-state index contributed by atoms with van der Waals surface area (Å²) in [6, 6.07) is 26.8. The third kappa shape index (κ3) is 2.89. The second kappa shape index (κ2) is 6.57. The molecule has 2 aromatic heterocycles. The van der Waals surface area contributed by atoms with Crippen LogP contribution in [0.3, 0.4) is 0 Å². The van der Waals surface area contributed by atoms with Gasteiger partial charge < -0.3 is 0 Å². The van der Waals surface area contributed by atoms with Gasteiger partial charge in [0.25, 0.3) is 0 Å². The van der Waals surface area contributed by atoms with Crippen LogP contribution in [0, 0.1) is 3.95 Å². The first-order valence-corrected chi connectivity index (χ1v) is 9.71. The molecule has 0 fully saturated rings. The van der Waals surface area contributed by atoms with Gasteiger partial charge in [0.2, 0.25) is 0 Å². The minimum Gasteiger partial charge on any atom is -0.258 e. The maximum absolute atomic E-state index is 5.12. The van der Waals surface area contributed by atoms with E-state index in [1.807, 2.05) is 28.9 Å². The van der Waals surface area contributed by atoms with Crippen molar-refractivity contribution in [1.29, 1.82) is 0 Å². The van der Waals surface area contributed by atoms with Crippen molar-refractivity contribution in [3.05, 3.63) is 82.8 Å². The zero-order valence-electron chi connectivity index (χ0n) is 14.2. The van der Waals surface area contributed by atoms with Crippen molar-refractivity contribution in [2.24, 2.45) is 0 Å². The molecule has 6 heteroatoms. The first-order valence-electron chi connectivity index (χ1n) is 8.49. The Labute approximate surface area is 164 Å². The molecular weight excluding hydrogens is 372 g/mol. The lowest BCUT2D eigenvalue weighted by molar-refractivity contribution is 0.915. The fourth-order valence-corrected chi connectivity index (χ4v) is 4.07. The van der Waals surface area contributed by atoms with E-state index < -0.39 is 0 Å². The number of aromatic amines is 1. The lowest BCUT2D eigenvalue weighted by Gasteiger charge is -2.04. The van der Waals surface area contributed by atoms with Crippen LogP contribution in [0.2, 0.25) is 0 Å². The molecule has 1 N–H and O–H groups in total. The van der Waals surface area contributed by atoms with Gasteiger partial charge in [0, 0.05) is 16.5 Å². The van der Waals surface area contributed by atoms with Crippen LogP contribution in [0.4, 0.5) is 0 Å². The fourth-order valence-electron chi connectivity index (χ4n) is 3.17. The quantitative estimate of drug-likeness (QED) is 0.394. The number of hydrogen-bond donors (Lipinski definition) is 1. The van der Waals surface area contributed by atoms with Crippen molar-refractivity contribution < 1.29 is 0 Å². The van der Waals surface area contributed by atoms with E-state index in [2.05, 4.69) is 64.8 Å². The summed E-state index contributed by atoms with van der Waals surface area (Å²) in [6.45, 7) is 0. The van der Waals surface area contributed by atoms with Crippen LogP contribution in [0.5, 0.6) is 0 Å². The number of para-hydroxylation sites is 1. The Kier molecular flexibility index (Phi) is 3.92. The van der Waals surface area contributed by atoms with Crippen molar-refractivity contribution in [2.45, 2.75) is 0 Å². The summed E-state index contributed by atoms with van der Waals surface area (Å²) < 4.78 is 2.67. The SMILES string of the molecule is S=c1[nH]nc(-c2ccc(-n3nc(-c4ccccc4)c4ccccc43)cc2)s1. The predicted molar refractivity (Wildman–Crippen MR) is 113 cm³/mol. The Bertz CT molecular complexity index is 1280. The van der Waals surface area contributed by atoms with Gasteiger partial charge in [0.1, 0.15) is 10.7 Å². The molecular formula is C21H14N4S2. The van der Waals surface area contributed by atoms with Gasteiger partial charge in [-0.05, 0) is 42.5 Å². The Morgan fingerprint density at radius 2 is 1.56 bits per heavy atom. The number of rotatable bonds is 3. The van der Waals surface area contributed by atoms with Crippen LogP contribution in [0.25, 0.3) is 38.4 Å². The highest BCUT2D eigenvalue weighted by Gasteiger charge is 2.13. The summed E-state index contributed by atoms with van der Waals surface area (Å²) in [5.74, 6) is 0. The molecule has 0 atom stereocenters. The third-order valence-corrected chi connectivity index (χ3v) is 5.57. The van der Waals surface area contributed by atoms with Crippen LogP contribution in [0.15, 0.2) is 78.9 Å². The molecule has 130 valence electrons. The molecule has 0 unspecified atom stereocenters. The molecule has 0 bridgehead atoms. The van der Waals surface area contributed by atoms with E-state index in [1.165, 1.54) is 11.3 Å². The van der Waals surface area contributed by atoms with Crippen molar-refractivity contribution in [3.63, 3.8) is 0 Å². The number of aromatic nitrogens is 4. The second-order valence-electron chi connectivity index (χ2n) is 6.11. The number of benzene rings is 3. The monoisotopic (exact) mass is 386 g/mol. The van der Waals surface area contributed by atoms with Crippen LogP contribution >= 0.6 is 23.6 Å². The highest BCUT2D eigenvalue weighted by atomic mass is 32.1. The Balaban J connectivity index is 1.64. The van der Waals surface area contributed by atoms with E-state index in [4.69, 9.17) is 17.3 Å². The van der Waals surface area contributed by atoms with E-state index >= 15 is 0 Å². The molecule has 2 heterocycles. The van der Waals surface area contributed by atoms with Gasteiger partial charge in [-0.1, -0.05) is 59.9 Å². The maximum atomic E-state index is 5.12. The second-order valence-corrected chi connectivity index (χ2v) is 7.77. The van der Waals surface area contributed by atoms with E-state index in [0.717, 1.165) is 38.4 Å². The molecule has 27 heavy (non-hydrogen) atoms. The summed E-state index contributed by atoms with van der Waals surface area (Å²) in [4.78, 5) is 0. The summed E-state index contributed by atoms with van der Waals surface area (Å²) in [7, 11) is 0. The van der Waals surface area contributed by atoms with Crippen molar-refractivity contribution >= 4 is 34.5 Å². The van der Waals surface area contributed by atoms with Gasteiger partial charge >= 0.3 is 0 Å². The zero-order chi connectivity index (χ0) is 18.2. The molecule has 0 aliphatic rings. The van der Waals surface area contributed by atoms with E-state index in [-0.39, 0.29) is 0 Å². The normalized spacial score (nSPS) is 11.1. The topological polar surface area (TPSA) is 46.5 Å². The fraction of sp³-hybridized carbons (Fsp3) is 0. The summed E-state index contributed by atoms with van der Waals surface area (Å²) in [5.41, 5.74) is 5.23. The van der Waals surface area contributed by atoms with Gasteiger partial charge in [-0.2, -0.15) is 10.2 Å². The molecule has 0 amide bonds. The molecule has 5 rings (SSSR count). The number of fused-ring (bicyclic) bond motifs is 1. The van der Waals surface area contributed by atoms with Crippen molar-refractivity contribution in [1.82, 2.24) is 20.0 Å². The largest absolute Gasteiger partial charge is 0.258 e. The first-order chi connectivity index (χ1) is 13.3. The predicted octanol–water partition coefficient (Wildman–Crippen LogP) is 5.87. The average Bonchev–Trinajstić information content (AvgIpc) is 3.33. The average molecular weight is 387 g/mol. The summed E-state index contributed by atoms with van der Waals surface area (Å²) >= 11 is 6.60.